The zero-order valence-corrected chi connectivity index (χ0v) is 16.6. The third kappa shape index (κ3) is 2.61. The van der Waals surface area contributed by atoms with Crippen molar-refractivity contribution < 1.29 is 9.53 Å². The molecule has 140 valence electrons. The number of fused-ring (bicyclic) bond motifs is 5. The van der Waals surface area contributed by atoms with Crippen molar-refractivity contribution >= 4 is 5.97 Å². The van der Waals surface area contributed by atoms with Crippen LogP contribution in [-0.4, -0.2) is 12.1 Å². The third-order valence-electron chi connectivity index (χ3n) is 9.08. The Morgan fingerprint density at radius 1 is 1.12 bits per heavy atom. The fourth-order valence-corrected chi connectivity index (χ4v) is 7.59. The van der Waals surface area contributed by atoms with Crippen LogP contribution >= 0.6 is 0 Å². The molecule has 4 aliphatic rings. The van der Waals surface area contributed by atoms with Gasteiger partial charge in [0.25, 0.3) is 0 Å². The van der Waals surface area contributed by atoms with Crippen molar-refractivity contribution in [3.63, 3.8) is 0 Å². The second-order valence-corrected chi connectivity index (χ2v) is 10.0. The van der Waals surface area contributed by atoms with Crippen LogP contribution in [0, 0.1) is 34.5 Å². The molecule has 2 heteroatoms. The van der Waals surface area contributed by atoms with Gasteiger partial charge in [-0.2, -0.15) is 0 Å². The fourth-order valence-electron chi connectivity index (χ4n) is 7.59. The zero-order valence-electron chi connectivity index (χ0n) is 16.6. The maximum atomic E-state index is 11.6. The molecule has 25 heavy (non-hydrogen) atoms. The SMILES string of the molecule is CCC1=CC[C@@]2(C)[C@@H](CC[C@H]3[C@H]2CC[C@@]2(C)[C@@H]3CC[C@H]2OC(C)=O)C1. The highest BCUT2D eigenvalue weighted by Gasteiger charge is 2.60. The fraction of sp³-hybridized carbons (Fsp3) is 0.870. The minimum atomic E-state index is -0.0887. The first-order chi connectivity index (χ1) is 11.9. The molecule has 0 saturated heterocycles. The van der Waals surface area contributed by atoms with Gasteiger partial charge in [-0.25, -0.2) is 0 Å². The molecule has 4 aliphatic carbocycles. The Bertz CT molecular complexity index is 579. The van der Waals surface area contributed by atoms with E-state index in [4.69, 9.17) is 4.74 Å². The van der Waals surface area contributed by atoms with Crippen molar-refractivity contribution in [1.29, 1.82) is 0 Å². The van der Waals surface area contributed by atoms with Crippen molar-refractivity contribution in [2.24, 2.45) is 34.5 Å². The van der Waals surface area contributed by atoms with Crippen LogP contribution in [0.25, 0.3) is 0 Å². The molecule has 0 radical (unpaired) electrons. The van der Waals surface area contributed by atoms with Crippen LogP contribution in [0.1, 0.15) is 85.5 Å². The molecule has 4 rings (SSSR count). The van der Waals surface area contributed by atoms with E-state index >= 15 is 0 Å². The summed E-state index contributed by atoms with van der Waals surface area (Å²) in [7, 11) is 0. The number of ether oxygens (including phenoxy) is 1. The molecule has 0 aromatic carbocycles. The van der Waals surface area contributed by atoms with Crippen LogP contribution in [0.15, 0.2) is 11.6 Å². The largest absolute Gasteiger partial charge is 0.462 e. The number of hydrogen-bond acceptors (Lipinski definition) is 2. The molecule has 0 aromatic rings. The topological polar surface area (TPSA) is 26.3 Å². The number of hydrogen-bond donors (Lipinski definition) is 0. The summed E-state index contributed by atoms with van der Waals surface area (Å²) in [5.41, 5.74) is 2.45. The van der Waals surface area contributed by atoms with Crippen molar-refractivity contribution in [3.05, 3.63) is 11.6 Å². The molecular weight excluding hydrogens is 308 g/mol. The Morgan fingerprint density at radius 3 is 2.60 bits per heavy atom. The highest BCUT2D eigenvalue weighted by Crippen LogP contribution is 2.66. The Balaban J connectivity index is 1.58. The van der Waals surface area contributed by atoms with Gasteiger partial charge in [0.15, 0.2) is 0 Å². The summed E-state index contributed by atoms with van der Waals surface area (Å²) >= 11 is 0. The summed E-state index contributed by atoms with van der Waals surface area (Å²) in [6.45, 7) is 8.94. The van der Waals surface area contributed by atoms with E-state index in [-0.39, 0.29) is 17.5 Å². The summed E-state index contributed by atoms with van der Waals surface area (Å²) in [5, 5.41) is 0. The second-order valence-electron chi connectivity index (χ2n) is 10.0. The normalized spacial score (nSPS) is 48.8. The minimum Gasteiger partial charge on any atom is -0.462 e. The number of esters is 1. The maximum Gasteiger partial charge on any atom is 0.302 e. The van der Waals surface area contributed by atoms with Crippen LogP contribution in [0.4, 0.5) is 0 Å². The minimum absolute atomic E-state index is 0.0887. The van der Waals surface area contributed by atoms with E-state index in [2.05, 4.69) is 26.8 Å². The molecule has 0 aromatic heterocycles. The summed E-state index contributed by atoms with van der Waals surface area (Å²) in [5.74, 6) is 3.33. The highest BCUT2D eigenvalue weighted by molar-refractivity contribution is 5.66. The molecule has 3 saturated carbocycles. The third-order valence-corrected chi connectivity index (χ3v) is 9.08. The van der Waals surface area contributed by atoms with Crippen molar-refractivity contribution in [1.82, 2.24) is 0 Å². The molecule has 0 bridgehead atoms. The smallest absolute Gasteiger partial charge is 0.302 e. The van der Waals surface area contributed by atoms with Crippen molar-refractivity contribution in [3.8, 4) is 0 Å². The van der Waals surface area contributed by atoms with Crippen molar-refractivity contribution in [2.45, 2.75) is 91.6 Å². The molecule has 0 unspecified atom stereocenters. The van der Waals surface area contributed by atoms with Gasteiger partial charge in [0.2, 0.25) is 0 Å². The molecule has 2 nitrogen and oxygen atoms in total. The van der Waals surface area contributed by atoms with Gasteiger partial charge >= 0.3 is 5.97 Å². The zero-order chi connectivity index (χ0) is 17.8. The summed E-state index contributed by atoms with van der Waals surface area (Å²) in [4.78, 5) is 11.6. The molecule has 0 aliphatic heterocycles. The quantitative estimate of drug-likeness (QED) is 0.460. The first kappa shape index (κ1) is 17.6. The lowest BCUT2D eigenvalue weighted by Crippen LogP contribution is -2.53. The summed E-state index contributed by atoms with van der Waals surface area (Å²) in [6, 6.07) is 0. The van der Waals surface area contributed by atoms with Gasteiger partial charge in [0.05, 0.1) is 0 Å². The number of carbonyl (C=O) groups is 1. The maximum absolute atomic E-state index is 11.6. The highest BCUT2D eigenvalue weighted by atomic mass is 16.5. The van der Waals surface area contributed by atoms with E-state index in [1.165, 1.54) is 51.4 Å². The molecule has 0 spiro atoms. The molecule has 0 N–H and O–H groups in total. The lowest BCUT2D eigenvalue weighted by Gasteiger charge is -2.60. The van der Waals surface area contributed by atoms with Gasteiger partial charge in [-0.15, -0.1) is 0 Å². The molecule has 3 fully saturated rings. The van der Waals surface area contributed by atoms with Crippen LogP contribution in [0.3, 0.4) is 0 Å². The lowest BCUT2D eigenvalue weighted by atomic mass is 9.45. The van der Waals surface area contributed by atoms with Gasteiger partial charge in [0, 0.05) is 12.3 Å². The van der Waals surface area contributed by atoms with Crippen molar-refractivity contribution in [2.75, 3.05) is 0 Å². The summed E-state index contributed by atoms with van der Waals surface area (Å²) < 4.78 is 5.78. The predicted molar refractivity (Wildman–Crippen MR) is 101 cm³/mol. The first-order valence-electron chi connectivity index (χ1n) is 10.7. The standard InChI is InChI=1S/C23H36O2/c1-5-16-10-12-22(3)17(14-16)6-7-18-19-8-9-21(25-15(2)24)23(19,4)13-11-20(18)22/h10,17-21H,5-9,11-14H2,1-4H3/t17-,18+,19+,20+,21+,22-,23-/m0/s1. The van der Waals surface area contributed by atoms with E-state index < -0.39 is 0 Å². The monoisotopic (exact) mass is 344 g/mol. The number of carbonyl (C=O) groups excluding carboxylic acids is 1. The predicted octanol–water partition coefficient (Wildman–Crippen LogP) is 5.91. The molecule has 0 heterocycles. The first-order valence-corrected chi connectivity index (χ1v) is 10.7. The van der Waals surface area contributed by atoms with E-state index in [0.29, 0.717) is 5.41 Å². The number of rotatable bonds is 2. The van der Waals surface area contributed by atoms with E-state index in [1.807, 2.05) is 0 Å². The average Bonchev–Trinajstić information content (AvgIpc) is 2.90. The van der Waals surface area contributed by atoms with Crippen LogP contribution < -0.4 is 0 Å². The van der Waals surface area contributed by atoms with Gasteiger partial charge < -0.3 is 4.74 Å². The van der Waals surface area contributed by atoms with Crippen LogP contribution in [-0.2, 0) is 9.53 Å². The molecular formula is C23H36O2. The lowest BCUT2D eigenvalue weighted by molar-refractivity contribution is -0.159. The second kappa shape index (κ2) is 6.13. The van der Waals surface area contributed by atoms with Gasteiger partial charge in [-0.3, -0.25) is 4.79 Å². The van der Waals surface area contributed by atoms with Gasteiger partial charge in [0.1, 0.15) is 6.10 Å². The number of allylic oxidation sites excluding steroid dienone is 2. The van der Waals surface area contributed by atoms with Gasteiger partial charge in [-0.1, -0.05) is 32.4 Å². The van der Waals surface area contributed by atoms with Crippen LogP contribution in [0.2, 0.25) is 0 Å². The Kier molecular flexibility index (Phi) is 4.32. The Labute approximate surface area is 153 Å². The van der Waals surface area contributed by atoms with E-state index in [9.17, 15) is 4.79 Å². The summed E-state index contributed by atoms with van der Waals surface area (Å²) in [6.07, 6.45) is 14.4. The Morgan fingerprint density at radius 2 is 1.88 bits per heavy atom. The van der Waals surface area contributed by atoms with E-state index in [1.54, 1.807) is 12.5 Å². The van der Waals surface area contributed by atoms with Gasteiger partial charge in [-0.05, 0) is 86.9 Å². The van der Waals surface area contributed by atoms with E-state index in [0.717, 1.165) is 30.1 Å². The van der Waals surface area contributed by atoms with Crippen LogP contribution in [0.5, 0.6) is 0 Å². The average molecular weight is 345 g/mol. The Hall–Kier alpha value is -0.790. The molecule has 7 atom stereocenters. The molecule has 0 amide bonds.